The summed E-state index contributed by atoms with van der Waals surface area (Å²) >= 11 is 0. The van der Waals surface area contributed by atoms with Crippen LogP contribution in [-0.2, 0) is 9.53 Å². The van der Waals surface area contributed by atoms with Crippen molar-refractivity contribution < 1.29 is 9.53 Å². The third kappa shape index (κ3) is 4.28. The fourth-order valence-corrected chi connectivity index (χ4v) is 2.47. The molecule has 0 saturated carbocycles. The zero-order chi connectivity index (χ0) is 12.7. The smallest absolute Gasteiger partial charge is 0.323 e. The number of likely N-dealkylation sites (N-methyl/N-ethyl adjacent to an activating group) is 1. The van der Waals surface area contributed by atoms with Crippen molar-refractivity contribution in [3.8, 4) is 0 Å². The van der Waals surface area contributed by atoms with Crippen LogP contribution in [0.15, 0.2) is 0 Å². The number of rotatable bonds is 6. The minimum atomic E-state index is -0.0655. The molecule has 1 saturated heterocycles. The predicted octanol–water partition coefficient (Wildman–Crippen LogP) is 1.36. The summed E-state index contributed by atoms with van der Waals surface area (Å²) in [5, 5.41) is 0. The number of hydrogen-bond acceptors (Lipinski definition) is 4. The largest absolute Gasteiger partial charge is 0.468 e. The monoisotopic (exact) mass is 242 g/mol. The van der Waals surface area contributed by atoms with Crippen molar-refractivity contribution in [3.63, 3.8) is 0 Å². The van der Waals surface area contributed by atoms with E-state index in [-0.39, 0.29) is 12.0 Å². The Bertz CT molecular complexity index is 229. The van der Waals surface area contributed by atoms with Gasteiger partial charge in [-0.2, -0.15) is 0 Å². The third-order valence-electron chi connectivity index (χ3n) is 3.68. The Labute approximate surface area is 105 Å². The molecule has 0 amide bonds. The van der Waals surface area contributed by atoms with Crippen LogP contribution in [-0.4, -0.2) is 61.6 Å². The Kier molecular flexibility index (Phi) is 6.52. The molecule has 4 heteroatoms. The second-order valence-electron chi connectivity index (χ2n) is 4.60. The highest BCUT2D eigenvalue weighted by molar-refractivity contribution is 5.75. The molecule has 0 aromatic rings. The number of carbonyl (C=O) groups is 1. The van der Waals surface area contributed by atoms with Crippen molar-refractivity contribution >= 4 is 5.97 Å². The predicted molar refractivity (Wildman–Crippen MR) is 69.0 cm³/mol. The van der Waals surface area contributed by atoms with E-state index in [1.54, 1.807) is 0 Å². The molecule has 1 rings (SSSR count). The molecular weight excluding hydrogens is 216 g/mol. The summed E-state index contributed by atoms with van der Waals surface area (Å²) in [5.74, 6) is -0.0655. The van der Waals surface area contributed by atoms with E-state index < -0.39 is 0 Å². The van der Waals surface area contributed by atoms with Crippen LogP contribution in [0.1, 0.15) is 33.1 Å². The van der Waals surface area contributed by atoms with Crippen LogP contribution in [0, 0.1) is 0 Å². The average molecular weight is 242 g/mol. The maximum atomic E-state index is 11.7. The Balaban J connectivity index is 2.45. The standard InChI is InChI=1S/C13H26N2O2/c1-4-14(5-2)10-11-15-9-7-6-8-12(15)13(16)17-3/h12H,4-11H2,1-3H3/t12-/m1/s1. The Hall–Kier alpha value is -0.610. The lowest BCUT2D eigenvalue weighted by atomic mass is 10.0. The molecular formula is C13H26N2O2. The lowest BCUT2D eigenvalue weighted by Crippen LogP contribution is -2.48. The van der Waals surface area contributed by atoms with Crippen LogP contribution >= 0.6 is 0 Å². The number of esters is 1. The molecule has 4 nitrogen and oxygen atoms in total. The van der Waals surface area contributed by atoms with Gasteiger partial charge >= 0.3 is 5.97 Å². The second-order valence-corrected chi connectivity index (χ2v) is 4.60. The topological polar surface area (TPSA) is 32.8 Å². The van der Waals surface area contributed by atoms with Gasteiger partial charge in [-0.1, -0.05) is 20.3 Å². The Morgan fingerprint density at radius 1 is 1.35 bits per heavy atom. The van der Waals surface area contributed by atoms with Gasteiger partial charge in [-0.25, -0.2) is 0 Å². The van der Waals surface area contributed by atoms with Crippen LogP contribution in [0.4, 0.5) is 0 Å². The summed E-state index contributed by atoms with van der Waals surface area (Å²) in [7, 11) is 1.49. The van der Waals surface area contributed by atoms with Crippen molar-refractivity contribution in [1.29, 1.82) is 0 Å². The van der Waals surface area contributed by atoms with Crippen LogP contribution in [0.3, 0.4) is 0 Å². The van der Waals surface area contributed by atoms with Crippen LogP contribution in [0.25, 0.3) is 0 Å². The van der Waals surface area contributed by atoms with Gasteiger partial charge in [0, 0.05) is 13.1 Å². The van der Waals surface area contributed by atoms with Crippen LogP contribution in [0.2, 0.25) is 0 Å². The van der Waals surface area contributed by atoms with Crippen LogP contribution in [0.5, 0.6) is 0 Å². The van der Waals surface area contributed by atoms with Gasteiger partial charge in [-0.15, -0.1) is 0 Å². The SMILES string of the molecule is CCN(CC)CCN1CCCC[C@@H]1C(=O)OC. The van der Waals surface area contributed by atoms with Crippen molar-refractivity contribution in [3.05, 3.63) is 0 Å². The summed E-state index contributed by atoms with van der Waals surface area (Å²) in [6.07, 6.45) is 3.29. The van der Waals surface area contributed by atoms with Gasteiger partial charge in [0.25, 0.3) is 0 Å². The number of piperidine rings is 1. The molecule has 1 atom stereocenters. The molecule has 17 heavy (non-hydrogen) atoms. The minimum absolute atomic E-state index is 0.00990. The number of nitrogens with zero attached hydrogens (tertiary/aromatic N) is 2. The fraction of sp³-hybridized carbons (Fsp3) is 0.923. The van der Waals surface area contributed by atoms with E-state index in [9.17, 15) is 4.79 Å². The average Bonchev–Trinajstić information content (AvgIpc) is 2.39. The van der Waals surface area contributed by atoms with E-state index in [0.717, 1.165) is 45.6 Å². The van der Waals surface area contributed by atoms with Crippen LogP contribution < -0.4 is 0 Å². The summed E-state index contributed by atoms with van der Waals surface area (Å²) < 4.78 is 4.89. The highest BCUT2D eigenvalue weighted by Crippen LogP contribution is 2.17. The van der Waals surface area contributed by atoms with Gasteiger partial charge in [0.2, 0.25) is 0 Å². The maximum Gasteiger partial charge on any atom is 0.323 e. The lowest BCUT2D eigenvalue weighted by molar-refractivity contribution is -0.148. The summed E-state index contributed by atoms with van der Waals surface area (Å²) in [5.41, 5.74) is 0. The van der Waals surface area contributed by atoms with Gasteiger partial charge in [-0.05, 0) is 32.5 Å². The number of hydrogen-bond donors (Lipinski definition) is 0. The quantitative estimate of drug-likeness (QED) is 0.658. The zero-order valence-electron chi connectivity index (χ0n) is 11.4. The lowest BCUT2D eigenvalue weighted by Gasteiger charge is -2.35. The molecule has 0 aromatic heterocycles. The van der Waals surface area contributed by atoms with Gasteiger partial charge in [-0.3, -0.25) is 9.69 Å². The van der Waals surface area contributed by atoms with Crippen molar-refractivity contribution in [1.82, 2.24) is 9.80 Å². The molecule has 0 aliphatic carbocycles. The van der Waals surface area contributed by atoms with Gasteiger partial charge in [0.1, 0.15) is 6.04 Å². The first-order valence-corrected chi connectivity index (χ1v) is 6.77. The third-order valence-corrected chi connectivity index (χ3v) is 3.68. The molecule has 0 bridgehead atoms. The van der Waals surface area contributed by atoms with E-state index in [1.807, 2.05) is 0 Å². The molecule has 1 heterocycles. The normalized spacial score (nSPS) is 21.8. The Morgan fingerprint density at radius 2 is 2.06 bits per heavy atom. The van der Waals surface area contributed by atoms with Gasteiger partial charge < -0.3 is 9.64 Å². The molecule has 1 aliphatic rings. The first-order valence-electron chi connectivity index (χ1n) is 6.77. The molecule has 100 valence electrons. The molecule has 1 fully saturated rings. The molecule has 0 N–H and O–H groups in total. The van der Waals surface area contributed by atoms with E-state index in [2.05, 4.69) is 23.6 Å². The molecule has 0 spiro atoms. The molecule has 0 unspecified atom stereocenters. The first-order chi connectivity index (χ1) is 8.22. The summed E-state index contributed by atoms with van der Waals surface area (Å²) in [6, 6.07) is -0.00990. The molecule has 0 aromatic carbocycles. The first kappa shape index (κ1) is 14.5. The molecule has 0 radical (unpaired) electrons. The highest BCUT2D eigenvalue weighted by Gasteiger charge is 2.29. The highest BCUT2D eigenvalue weighted by atomic mass is 16.5. The summed E-state index contributed by atoms with van der Waals surface area (Å²) in [6.45, 7) is 9.55. The molecule has 1 aliphatic heterocycles. The van der Waals surface area contributed by atoms with E-state index in [4.69, 9.17) is 4.74 Å². The number of carbonyl (C=O) groups excluding carboxylic acids is 1. The van der Waals surface area contributed by atoms with Crippen molar-refractivity contribution in [2.24, 2.45) is 0 Å². The number of methoxy groups -OCH3 is 1. The summed E-state index contributed by atoms with van der Waals surface area (Å²) in [4.78, 5) is 16.4. The van der Waals surface area contributed by atoms with E-state index in [1.165, 1.54) is 13.5 Å². The minimum Gasteiger partial charge on any atom is -0.468 e. The number of likely N-dealkylation sites (tertiary alicyclic amines) is 1. The Morgan fingerprint density at radius 3 is 2.65 bits per heavy atom. The zero-order valence-corrected chi connectivity index (χ0v) is 11.4. The second kappa shape index (κ2) is 7.67. The fourth-order valence-electron chi connectivity index (χ4n) is 2.47. The van der Waals surface area contributed by atoms with Gasteiger partial charge in [0.05, 0.1) is 7.11 Å². The van der Waals surface area contributed by atoms with E-state index in [0.29, 0.717) is 0 Å². The number of ether oxygens (including phenoxy) is 1. The van der Waals surface area contributed by atoms with Crippen molar-refractivity contribution in [2.75, 3.05) is 39.8 Å². The van der Waals surface area contributed by atoms with Crippen molar-refractivity contribution in [2.45, 2.75) is 39.2 Å². The maximum absolute atomic E-state index is 11.7. The van der Waals surface area contributed by atoms with Gasteiger partial charge in [0.15, 0.2) is 0 Å². The van der Waals surface area contributed by atoms with E-state index >= 15 is 0 Å².